The number of fused-ring (bicyclic) bond motifs is 1. The number of carbonyl (C=O) groups excluding carboxylic acids is 1. The van der Waals surface area contributed by atoms with Crippen LogP contribution >= 0.6 is 11.6 Å². The maximum atomic E-state index is 13.6. The Morgan fingerprint density at radius 3 is 2.35 bits per heavy atom. The summed E-state index contributed by atoms with van der Waals surface area (Å²) in [6.07, 6.45) is 0.187. The lowest BCUT2D eigenvalue weighted by Gasteiger charge is -2.19. The number of carboxylic acids is 1. The molecule has 1 N–H and O–H groups in total. The quantitative estimate of drug-likeness (QED) is 0.358. The molecule has 0 amide bonds. The molecule has 0 atom stereocenters. The topological polar surface area (TPSA) is 94.2 Å². The molecule has 34 heavy (non-hydrogen) atoms. The molecule has 0 fully saturated rings. The minimum absolute atomic E-state index is 0.0253. The Hall–Kier alpha value is -3.71. The predicted octanol–water partition coefficient (Wildman–Crippen LogP) is 5.44. The summed E-state index contributed by atoms with van der Waals surface area (Å²) in [5.41, 5.74) is 1.69. The molecular weight excluding hydrogens is 454 g/mol. The summed E-state index contributed by atoms with van der Waals surface area (Å²) in [4.78, 5) is 38.7. The van der Waals surface area contributed by atoms with E-state index >= 15 is 0 Å². The SMILES string of the molecule is CCC(=O)c1c(-c2ccccc2)c2cc(Cl)ccc2c(=O)n1Cc1cc(C(=O)O)n(C(C)C)n1. The molecule has 0 radical (unpaired) electrons. The highest BCUT2D eigenvalue weighted by Gasteiger charge is 2.24. The van der Waals surface area contributed by atoms with Gasteiger partial charge in [0.15, 0.2) is 5.78 Å². The summed E-state index contributed by atoms with van der Waals surface area (Å²) in [7, 11) is 0. The van der Waals surface area contributed by atoms with Gasteiger partial charge in [0, 0.05) is 28.4 Å². The Bertz CT molecular complexity index is 1470. The Morgan fingerprint density at radius 2 is 1.76 bits per heavy atom. The number of carbonyl (C=O) groups is 2. The van der Waals surface area contributed by atoms with Crippen molar-refractivity contribution in [1.82, 2.24) is 14.3 Å². The first-order chi connectivity index (χ1) is 16.2. The van der Waals surface area contributed by atoms with E-state index in [-0.39, 0.29) is 41.7 Å². The molecule has 8 heteroatoms. The van der Waals surface area contributed by atoms with Crippen LogP contribution in [0.3, 0.4) is 0 Å². The monoisotopic (exact) mass is 477 g/mol. The average Bonchev–Trinajstić information content (AvgIpc) is 3.25. The van der Waals surface area contributed by atoms with Crippen molar-refractivity contribution in [3.8, 4) is 11.1 Å². The van der Waals surface area contributed by atoms with Crippen LogP contribution in [0.15, 0.2) is 59.4 Å². The maximum Gasteiger partial charge on any atom is 0.354 e. The van der Waals surface area contributed by atoms with Crippen LogP contribution in [0.25, 0.3) is 21.9 Å². The zero-order valence-electron chi connectivity index (χ0n) is 19.1. The van der Waals surface area contributed by atoms with Gasteiger partial charge in [-0.05, 0) is 49.1 Å². The Morgan fingerprint density at radius 1 is 1.06 bits per heavy atom. The largest absolute Gasteiger partial charge is 0.477 e. The lowest BCUT2D eigenvalue weighted by Crippen LogP contribution is -2.28. The van der Waals surface area contributed by atoms with Crippen molar-refractivity contribution in [2.45, 2.75) is 39.8 Å². The number of halogens is 1. The molecule has 2 aromatic heterocycles. The highest BCUT2D eigenvalue weighted by Crippen LogP contribution is 2.33. The molecule has 0 spiro atoms. The van der Waals surface area contributed by atoms with E-state index in [1.807, 2.05) is 44.2 Å². The molecule has 7 nitrogen and oxygen atoms in total. The van der Waals surface area contributed by atoms with Crippen LogP contribution < -0.4 is 5.56 Å². The Balaban J connectivity index is 2.07. The average molecular weight is 478 g/mol. The molecule has 4 aromatic rings. The van der Waals surface area contributed by atoms with Crippen molar-refractivity contribution in [1.29, 1.82) is 0 Å². The third-order valence-electron chi connectivity index (χ3n) is 5.70. The summed E-state index contributed by atoms with van der Waals surface area (Å²) in [5.74, 6) is -1.32. The minimum atomic E-state index is -1.11. The zero-order valence-corrected chi connectivity index (χ0v) is 19.8. The fourth-order valence-corrected chi connectivity index (χ4v) is 4.33. The molecule has 0 saturated carbocycles. The van der Waals surface area contributed by atoms with Crippen LogP contribution in [0.1, 0.15) is 59.9 Å². The van der Waals surface area contributed by atoms with Crippen molar-refractivity contribution < 1.29 is 14.7 Å². The number of Topliss-reactive ketones (excluding diaryl/α,β-unsaturated/α-hetero) is 1. The number of aromatic nitrogens is 3. The van der Waals surface area contributed by atoms with E-state index < -0.39 is 5.97 Å². The van der Waals surface area contributed by atoms with Gasteiger partial charge in [0.25, 0.3) is 5.56 Å². The second-order valence-corrected chi connectivity index (χ2v) is 8.75. The molecule has 2 aromatic carbocycles. The van der Waals surface area contributed by atoms with Gasteiger partial charge in [-0.1, -0.05) is 48.9 Å². The smallest absolute Gasteiger partial charge is 0.354 e. The first-order valence-corrected chi connectivity index (χ1v) is 11.4. The molecule has 0 bridgehead atoms. The third-order valence-corrected chi connectivity index (χ3v) is 5.93. The number of nitrogens with zero attached hydrogens (tertiary/aromatic N) is 3. The van der Waals surface area contributed by atoms with Crippen LogP contribution in [0.2, 0.25) is 5.02 Å². The molecule has 2 heterocycles. The van der Waals surface area contributed by atoms with Gasteiger partial charge in [0.2, 0.25) is 0 Å². The van der Waals surface area contributed by atoms with Crippen molar-refractivity contribution in [3.05, 3.63) is 87.1 Å². The summed E-state index contributed by atoms with van der Waals surface area (Å²) in [5, 5.41) is 15.5. The van der Waals surface area contributed by atoms with Gasteiger partial charge in [-0.15, -0.1) is 0 Å². The van der Waals surface area contributed by atoms with E-state index in [2.05, 4.69) is 5.10 Å². The number of benzene rings is 2. The Kier molecular flexibility index (Phi) is 6.39. The normalized spacial score (nSPS) is 11.3. The van der Waals surface area contributed by atoms with Crippen molar-refractivity contribution >= 4 is 34.1 Å². The molecule has 4 rings (SSSR count). The predicted molar refractivity (Wildman–Crippen MR) is 132 cm³/mol. The molecule has 0 unspecified atom stereocenters. The van der Waals surface area contributed by atoms with Gasteiger partial charge >= 0.3 is 5.97 Å². The zero-order chi connectivity index (χ0) is 24.6. The van der Waals surface area contributed by atoms with Crippen LogP contribution in [-0.4, -0.2) is 31.2 Å². The van der Waals surface area contributed by atoms with Crippen LogP contribution in [-0.2, 0) is 6.54 Å². The van der Waals surface area contributed by atoms with E-state index in [0.717, 1.165) is 5.56 Å². The molecular formula is C26H24ClN3O4. The molecule has 0 aliphatic carbocycles. The maximum absolute atomic E-state index is 13.6. The van der Waals surface area contributed by atoms with Gasteiger partial charge < -0.3 is 5.11 Å². The molecule has 174 valence electrons. The van der Waals surface area contributed by atoms with Crippen molar-refractivity contribution in [2.24, 2.45) is 0 Å². The lowest BCUT2D eigenvalue weighted by molar-refractivity contribution is 0.0681. The lowest BCUT2D eigenvalue weighted by atomic mass is 9.94. The first-order valence-electron chi connectivity index (χ1n) is 11.0. The summed E-state index contributed by atoms with van der Waals surface area (Å²) in [6, 6.07) is 15.6. The van der Waals surface area contributed by atoms with Gasteiger partial charge in [-0.25, -0.2) is 4.79 Å². The van der Waals surface area contributed by atoms with E-state index in [9.17, 15) is 19.5 Å². The summed E-state index contributed by atoms with van der Waals surface area (Å²) >= 11 is 6.28. The second-order valence-electron chi connectivity index (χ2n) is 8.31. The van der Waals surface area contributed by atoms with Gasteiger partial charge in [-0.2, -0.15) is 5.10 Å². The highest BCUT2D eigenvalue weighted by atomic mass is 35.5. The molecule has 0 aliphatic heterocycles. The van der Waals surface area contributed by atoms with Gasteiger partial charge in [-0.3, -0.25) is 18.8 Å². The number of carboxylic acid groups (broad SMARTS) is 1. The highest BCUT2D eigenvalue weighted by molar-refractivity contribution is 6.31. The number of rotatable bonds is 7. The Labute approximate surface area is 201 Å². The van der Waals surface area contributed by atoms with Gasteiger partial charge in [0.1, 0.15) is 5.69 Å². The number of pyridine rings is 1. The standard InChI is InChI=1S/C26H24ClN3O4/c1-4-22(31)24-23(16-8-6-5-7-9-16)20-12-17(27)10-11-19(20)25(32)29(24)14-18-13-21(26(33)34)30(28-18)15(2)3/h5-13,15H,4,14H2,1-3H3,(H,33,34). The molecule has 0 aliphatic rings. The number of hydrogen-bond acceptors (Lipinski definition) is 4. The number of aromatic carboxylic acids is 1. The molecule has 0 saturated heterocycles. The fraction of sp³-hybridized carbons (Fsp3) is 0.231. The van der Waals surface area contributed by atoms with Gasteiger partial charge in [0.05, 0.1) is 17.9 Å². The van der Waals surface area contributed by atoms with Crippen molar-refractivity contribution in [3.63, 3.8) is 0 Å². The van der Waals surface area contributed by atoms with Crippen LogP contribution in [0.5, 0.6) is 0 Å². The van der Waals surface area contributed by atoms with E-state index in [0.29, 0.717) is 27.1 Å². The minimum Gasteiger partial charge on any atom is -0.477 e. The second kappa shape index (κ2) is 9.27. The van der Waals surface area contributed by atoms with Crippen LogP contribution in [0, 0.1) is 0 Å². The van der Waals surface area contributed by atoms with Crippen LogP contribution in [0.4, 0.5) is 0 Å². The van der Waals surface area contributed by atoms with E-state index in [1.54, 1.807) is 25.1 Å². The summed E-state index contributed by atoms with van der Waals surface area (Å²) in [6.45, 7) is 5.35. The first kappa shape index (κ1) is 23.4. The van der Waals surface area contributed by atoms with Crippen molar-refractivity contribution in [2.75, 3.05) is 0 Å². The number of ketones is 1. The summed E-state index contributed by atoms with van der Waals surface area (Å²) < 4.78 is 2.81. The van der Waals surface area contributed by atoms with E-state index in [1.165, 1.54) is 15.3 Å². The third kappa shape index (κ3) is 4.15. The van der Waals surface area contributed by atoms with E-state index in [4.69, 9.17) is 11.6 Å². The fourth-order valence-electron chi connectivity index (χ4n) is 4.16. The number of hydrogen-bond donors (Lipinski definition) is 1.